The number of benzene rings is 1. The van der Waals surface area contributed by atoms with Gasteiger partial charge in [0.2, 0.25) is 5.91 Å². The molecule has 5 heteroatoms. The van der Waals surface area contributed by atoms with Crippen molar-refractivity contribution in [2.75, 3.05) is 19.7 Å². The topological polar surface area (TPSA) is 47.4 Å². The van der Waals surface area contributed by atoms with E-state index in [2.05, 4.69) is 29.4 Å². The fourth-order valence-corrected chi connectivity index (χ4v) is 2.93. The van der Waals surface area contributed by atoms with E-state index < -0.39 is 0 Å². The maximum Gasteiger partial charge on any atom is 0.244 e. The number of aryl methyl sites for hydroxylation is 1. The summed E-state index contributed by atoms with van der Waals surface area (Å²) in [6.07, 6.45) is 6.78. The van der Waals surface area contributed by atoms with Gasteiger partial charge >= 0.3 is 0 Å². The molecule has 122 valence electrons. The quantitative estimate of drug-likeness (QED) is 0.821. The van der Waals surface area contributed by atoms with Crippen LogP contribution in [0.3, 0.4) is 0 Å². The van der Waals surface area contributed by atoms with Crippen LogP contribution in [0, 0.1) is 0 Å². The third kappa shape index (κ3) is 4.66. The first-order valence-corrected chi connectivity index (χ1v) is 8.22. The van der Waals surface area contributed by atoms with Gasteiger partial charge in [0.25, 0.3) is 0 Å². The van der Waals surface area contributed by atoms with Gasteiger partial charge in [-0.05, 0) is 30.9 Å². The highest BCUT2D eigenvalue weighted by Gasteiger charge is 2.24. The van der Waals surface area contributed by atoms with Gasteiger partial charge in [-0.25, -0.2) is 0 Å². The molecule has 1 amide bonds. The molecule has 1 aliphatic rings. The highest BCUT2D eigenvalue weighted by Crippen LogP contribution is 2.13. The fraction of sp³-hybridized carbons (Fsp3) is 0.444. The molecular formula is C18H23N3O2. The minimum Gasteiger partial charge on any atom is -0.375 e. The molecule has 3 rings (SSSR count). The number of ether oxygens (including phenoxy) is 1. The standard InChI is InChI=1S/C18H23N3O2/c22-18(15-21-11-5-10-19-21)20-12-13-23-17(14-20)9-4-8-16-6-2-1-3-7-16/h1-3,5-7,10-11,17H,4,8-9,12-15H2/t17-/m0/s1. The molecule has 0 bridgehead atoms. The van der Waals surface area contributed by atoms with E-state index in [1.165, 1.54) is 5.56 Å². The first-order chi connectivity index (χ1) is 11.3. The van der Waals surface area contributed by atoms with Crippen molar-refractivity contribution in [3.63, 3.8) is 0 Å². The lowest BCUT2D eigenvalue weighted by Gasteiger charge is -2.33. The van der Waals surface area contributed by atoms with Crippen molar-refractivity contribution in [3.8, 4) is 0 Å². The largest absolute Gasteiger partial charge is 0.375 e. The van der Waals surface area contributed by atoms with Crippen LogP contribution in [0.5, 0.6) is 0 Å². The second kappa shape index (κ2) is 7.92. The summed E-state index contributed by atoms with van der Waals surface area (Å²) in [6.45, 7) is 2.30. The van der Waals surface area contributed by atoms with Crippen LogP contribution in [-0.2, 0) is 22.5 Å². The normalized spacial score (nSPS) is 18.1. The average molecular weight is 313 g/mol. The molecule has 5 nitrogen and oxygen atoms in total. The Labute approximate surface area is 136 Å². The third-order valence-electron chi connectivity index (χ3n) is 4.18. The van der Waals surface area contributed by atoms with Crippen molar-refractivity contribution in [3.05, 3.63) is 54.4 Å². The van der Waals surface area contributed by atoms with Gasteiger partial charge in [-0.3, -0.25) is 9.48 Å². The van der Waals surface area contributed by atoms with Crippen molar-refractivity contribution in [2.24, 2.45) is 0 Å². The van der Waals surface area contributed by atoms with Crippen molar-refractivity contribution >= 4 is 5.91 Å². The number of nitrogens with zero attached hydrogens (tertiary/aromatic N) is 3. The molecule has 2 heterocycles. The summed E-state index contributed by atoms with van der Waals surface area (Å²) in [5.41, 5.74) is 1.36. The highest BCUT2D eigenvalue weighted by atomic mass is 16.5. The van der Waals surface area contributed by atoms with Gasteiger partial charge in [0.05, 0.1) is 12.7 Å². The molecule has 1 aliphatic heterocycles. The molecule has 0 radical (unpaired) electrons. The van der Waals surface area contributed by atoms with Crippen LogP contribution in [0.1, 0.15) is 18.4 Å². The van der Waals surface area contributed by atoms with E-state index in [0.29, 0.717) is 26.2 Å². The van der Waals surface area contributed by atoms with Crippen molar-refractivity contribution in [1.82, 2.24) is 14.7 Å². The number of amides is 1. The number of carbonyl (C=O) groups is 1. The Kier molecular flexibility index (Phi) is 5.42. The minimum atomic E-state index is 0.116. The molecular weight excluding hydrogens is 290 g/mol. The van der Waals surface area contributed by atoms with Crippen LogP contribution < -0.4 is 0 Å². The molecule has 0 saturated carbocycles. The Hall–Kier alpha value is -2.14. The number of rotatable bonds is 6. The lowest BCUT2D eigenvalue weighted by atomic mass is 10.1. The molecule has 2 aromatic rings. The van der Waals surface area contributed by atoms with E-state index in [4.69, 9.17) is 4.74 Å². The molecule has 1 aromatic heterocycles. The van der Waals surface area contributed by atoms with Gasteiger partial charge in [0.1, 0.15) is 6.54 Å². The van der Waals surface area contributed by atoms with Gasteiger partial charge < -0.3 is 9.64 Å². The number of aromatic nitrogens is 2. The van der Waals surface area contributed by atoms with Crippen molar-refractivity contribution < 1.29 is 9.53 Å². The second-order valence-electron chi connectivity index (χ2n) is 5.91. The Morgan fingerprint density at radius 1 is 1.26 bits per heavy atom. The van der Waals surface area contributed by atoms with Gasteiger partial charge in [-0.2, -0.15) is 5.10 Å². The van der Waals surface area contributed by atoms with E-state index in [-0.39, 0.29) is 12.0 Å². The molecule has 23 heavy (non-hydrogen) atoms. The van der Waals surface area contributed by atoms with Crippen LogP contribution in [0.15, 0.2) is 48.8 Å². The number of morpholine rings is 1. The number of hydrogen-bond donors (Lipinski definition) is 0. The molecule has 1 aromatic carbocycles. The third-order valence-corrected chi connectivity index (χ3v) is 4.18. The summed E-state index contributed by atoms with van der Waals surface area (Å²) in [4.78, 5) is 14.2. The monoisotopic (exact) mass is 313 g/mol. The molecule has 0 spiro atoms. The van der Waals surface area contributed by atoms with E-state index in [0.717, 1.165) is 19.3 Å². The first kappa shape index (κ1) is 15.7. The van der Waals surface area contributed by atoms with Crippen molar-refractivity contribution in [1.29, 1.82) is 0 Å². The second-order valence-corrected chi connectivity index (χ2v) is 5.91. The summed E-state index contributed by atoms with van der Waals surface area (Å²) in [5.74, 6) is 0.116. The lowest BCUT2D eigenvalue weighted by molar-refractivity contribution is -0.139. The zero-order valence-corrected chi connectivity index (χ0v) is 13.3. The number of carbonyl (C=O) groups excluding carboxylic acids is 1. The Bertz CT molecular complexity index is 598. The van der Waals surface area contributed by atoms with E-state index in [1.54, 1.807) is 10.9 Å². The van der Waals surface area contributed by atoms with E-state index in [1.807, 2.05) is 23.2 Å². The van der Waals surface area contributed by atoms with Crippen LogP contribution in [-0.4, -0.2) is 46.4 Å². The Morgan fingerprint density at radius 3 is 2.91 bits per heavy atom. The maximum atomic E-state index is 12.3. The van der Waals surface area contributed by atoms with Gasteiger partial charge in [-0.15, -0.1) is 0 Å². The summed E-state index contributed by atoms with van der Waals surface area (Å²) >= 11 is 0. The zero-order valence-electron chi connectivity index (χ0n) is 13.3. The summed E-state index contributed by atoms with van der Waals surface area (Å²) < 4.78 is 7.48. The molecule has 1 fully saturated rings. The smallest absolute Gasteiger partial charge is 0.244 e. The predicted octanol–water partition coefficient (Wildman–Crippen LogP) is 2.13. The van der Waals surface area contributed by atoms with Crippen LogP contribution in [0.25, 0.3) is 0 Å². The van der Waals surface area contributed by atoms with Crippen LogP contribution in [0.4, 0.5) is 0 Å². The van der Waals surface area contributed by atoms with Gasteiger partial charge in [0.15, 0.2) is 0 Å². The molecule has 1 saturated heterocycles. The zero-order chi connectivity index (χ0) is 15.9. The van der Waals surface area contributed by atoms with E-state index in [9.17, 15) is 4.79 Å². The molecule has 0 unspecified atom stereocenters. The van der Waals surface area contributed by atoms with Crippen molar-refractivity contribution in [2.45, 2.75) is 31.9 Å². The lowest BCUT2D eigenvalue weighted by Crippen LogP contribution is -2.46. The SMILES string of the molecule is O=C(Cn1cccn1)N1CCO[C@@H](CCCc2ccccc2)C1. The molecule has 1 atom stereocenters. The van der Waals surface area contributed by atoms with Gasteiger partial charge in [-0.1, -0.05) is 30.3 Å². The van der Waals surface area contributed by atoms with E-state index >= 15 is 0 Å². The predicted molar refractivity (Wildman–Crippen MR) is 87.9 cm³/mol. The van der Waals surface area contributed by atoms with Gasteiger partial charge in [0, 0.05) is 25.5 Å². The first-order valence-electron chi connectivity index (χ1n) is 8.22. The maximum absolute atomic E-state index is 12.3. The Morgan fingerprint density at radius 2 is 2.13 bits per heavy atom. The molecule has 0 N–H and O–H groups in total. The Balaban J connectivity index is 1.43. The number of hydrogen-bond acceptors (Lipinski definition) is 3. The summed E-state index contributed by atoms with van der Waals surface area (Å²) in [6, 6.07) is 12.3. The average Bonchev–Trinajstić information content (AvgIpc) is 3.09. The molecule has 0 aliphatic carbocycles. The highest BCUT2D eigenvalue weighted by molar-refractivity contribution is 5.76. The summed E-state index contributed by atoms with van der Waals surface area (Å²) in [5, 5.41) is 4.09. The van der Waals surface area contributed by atoms with Crippen LogP contribution in [0.2, 0.25) is 0 Å². The summed E-state index contributed by atoms with van der Waals surface area (Å²) in [7, 11) is 0. The van der Waals surface area contributed by atoms with Crippen LogP contribution >= 0.6 is 0 Å². The fourth-order valence-electron chi connectivity index (χ4n) is 2.93. The minimum absolute atomic E-state index is 0.116.